The number of pyridine rings is 1. The number of halogens is 1. The Morgan fingerprint density at radius 3 is 2.94 bits per heavy atom. The lowest BCUT2D eigenvalue weighted by atomic mass is 10.2. The van der Waals surface area contributed by atoms with E-state index in [0.717, 1.165) is 17.6 Å². The smallest absolute Gasteiger partial charge is 0.0410 e. The van der Waals surface area contributed by atoms with E-state index in [9.17, 15) is 0 Å². The van der Waals surface area contributed by atoms with E-state index in [0.29, 0.717) is 0 Å². The van der Waals surface area contributed by atoms with Crippen molar-refractivity contribution >= 4 is 27.7 Å². The minimum Gasteiger partial charge on any atom is -0.313 e. The number of unbranched alkanes of at least 4 members (excludes halogenated alkanes) is 2. The van der Waals surface area contributed by atoms with Crippen molar-refractivity contribution in [3.05, 3.63) is 28.5 Å². The zero-order valence-corrected chi connectivity index (χ0v) is 12.1. The molecule has 1 aromatic heterocycles. The minimum absolute atomic E-state index is 0.912. The Hall–Kier alpha value is -0.0600. The largest absolute Gasteiger partial charge is 0.313 e. The molecule has 1 rings (SSSR count). The summed E-state index contributed by atoms with van der Waals surface area (Å²) in [5.74, 6) is 1.29. The van der Waals surface area contributed by atoms with Crippen LogP contribution in [0.25, 0.3) is 0 Å². The fourth-order valence-electron chi connectivity index (χ4n) is 1.46. The van der Waals surface area contributed by atoms with Crippen LogP contribution in [-0.2, 0) is 6.54 Å². The number of hydrogen-bond donors (Lipinski definition) is 1. The first kappa shape index (κ1) is 14.0. The van der Waals surface area contributed by atoms with Crippen molar-refractivity contribution in [2.45, 2.75) is 25.8 Å². The summed E-state index contributed by atoms with van der Waals surface area (Å²) < 4.78 is 1.05. The van der Waals surface area contributed by atoms with Crippen LogP contribution in [0.1, 0.15) is 24.8 Å². The van der Waals surface area contributed by atoms with E-state index in [1.807, 2.05) is 24.2 Å². The van der Waals surface area contributed by atoms with Gasteiger partial charge < -0.3 is 5.32 Å². The Labute approximate surface area is 111 Å². The molecular formula is C12H19BrN2S. The predicted molar refractivity (Wildman–Crippen MR) is 75.9 cm³/mol. The van der Waals surface area contributed by atoms with Gasteiger partial charge in [-0.3, -0.25) is 4.98 Å². The number of rotatable bonds is 8. The van der Waals surface area contributed by atoms with Gasteiger partial charge in [0.1, 0.15) is 0 Å². The van der Waals surface area contributed by atoms with Crippen molar-refractivity contribution in [1.82, 2.24) is 10.3 Å². The first-order chi connectivity index (χ1) is 7.83. The zero-order valence-electron chi connectivity index (χ0n) is 9.71. The third kappa shape index (κ3) is 6.51. The van der Waals surface area contributed by atoms with Gasteiger partial charge in [-0.05, 0) is 59.0 Å². The highest BCUT2D eigenvalue weighted by molar-refractivity contribution is 9.10. The second kappa shape index (κ2) is 9.02. The van der Waals surface area contributed by atoms with Crippen LogP contribution in [-0.4, -0.2) is 23.5 Å². The summed E-state index contributed by atoms with van der Waals surface area (Å²) in [4.78, 5) is 4.13. The van der Waals surface area contributed by atoms with E-state index in [-0.39, 0.29) is 0 Å². The van der Waals surface area contributed by atoms with Crippen LogP contribution in [0.4, 0.5) is 0 Å². The molecule has 4 heteroatoms. The standard InChI is InChI=1S/C12H19BrN2S/c1-16-6-4-2-3-5-14-8-11-7-12(13)10-15-9-11/h7,9-10,14H,2-6,8H2,1H3. The molecule has 0 aliphatic heterocycles. The van der Waals surface area contributed by atoms with Crippen molar-refractivity contribution < 1.29 is 0 Å². The van der Waals surface area contributed by atoms with Gasteiger partial charge in [-0.1, -0.05) is 6.42 Å². The molecule has 0 spiro atoms. The summed E-state index contributed by atoms with van der Waals surface area (Å²) in [5, 5.41) is 3.44. The first-order valence-corrected chi connectivity index (χ1v) is 7.80. The van der Waals surface area contributed by atoms with Crippen molar-refractivity contribution in [3.8, 4) is 0 Å². The molecule has 0 aromatic carbocycles. The molecule has 0 radical (unpaired) electrons. The summed E-state index contributed by atoms with van der Waals surface area (Å²) in [6, 6.07) is 2.10. The second-order valence-electron chi connectivity index (χ2n) is 3.74. The van der Waals surface area contributed by atoms with Crippen LogP contribution in [0.3, 0.4) is 0 Å². The maximum absolute atomic E-state index is 4.13. The average Bonchev–Trinajstić information content (AvgIpc) is 2.28. The Morgan fingerprint density at radius 2 is 2.19 bits per heavy atom. The molecule has 0 atom stereocenters. The van der Waals surface area contributed by atoms with E-state index >= 15 is 0 Å². The molecule has 0 amide bonds. The molecule has 2 nitrogen and oxygen atoms in total. The van der Waals surface area contributed by atoms with E-state index in [2.05, 4.69) is 38.6 Å². The molecule has 0 aliphatic rings. The van der Waals surface area contributed by atoms with Gasteiger partial charge in [0.05, 0.1) is 0 Å². The van der Waals surface area contributed by atoms with E-state index in [4.69, 9.17) is 0 Å². The lowest BCUT2D eigenvalue weighted by Crippen LogP contribution is -2.14. The van der Waals surface area contributed by atoms with Crippen LogP contribution in [0.2, 0.25) is 0 Å². The topological polar surface area (TPSA) is 24.9 Å². The SMILES string of the molecule is CSCCCCCNCc1cncc(Br)c1. The monoisotopic (exact) mass is 302 g/mol. The molecule has 0 bridgehead atoms. The minimum atomic E-state index is 0.912. The molecule has 1 N–H and O–H groups in total. The van der Waals surface area contributed by atoms with E-state index in [1.165, 1.54) is 30.6 Å². The molecule has 0 saturated carbocycles. The van der Waals surface area contributed by atoms with Gasteiger partial charge in [0.15, 0.2) is 0 Å². The second-order valence-corrected chi connectivity index (χ2v) is 5.64. The number of thioether (sulfide) groups is 1. The van der Waals surface area contributed by atoms with Gasteiger partial charge in [-0.15, -0.1) is 0 Å². The van der Waals surface area contributed by atoms with Crippen LogP contribution in [0, 0.1) is 0 Å². The van der Waals surface area contributed by atoms with E-state index < -0.39 is 0 Å². The molecule has 90 valence electrons. The normalized spacial score (nSPS) is 10.6. The van der Waals surface area contributed by atoms with Crippen LogP contribution in [0.15, 0.2) is 22.9 Å². The highest BCUT2D eigenvalue weighted by Gasteiger charge is 1.94. The third-order valence-electron chi connectivity index (χ3n) is 2.29. The molecular weight excluding hydrogens is 284 g/mol. The Kier molecular flexibility index (Phi) is 7.89. The van der Waals surface area contributed by atoms with Crippen molar-refractivity contribution in [2.75, 3.05) is 18.6 Å². The summed E-state index contributed by atoms with van der Waals surface area (Å²) in [5.41, 5.74) is 1.23. The predicted octanol–water partition coefficient (Wildman–Crippen LogP) is 3.47. The third-order valence-corrected chi connectivity index (χ3v) is 3.42. The lowest BCUT2D eigenvalue weighted by molar-refractivity contribution is 0.618. The number of hydrogen-bond acceptors (Lipinski definition) is 3. The summed E-state index contributed by atoms with van der Waals surface area (Å²) in [6.07, 6.45) is 9.81. The number of nitrogens with zero attached hydrogens (tertiary/aromatic N) is 1. The first-order valence-electron chi connectivity index (χ1n) is 5.62. The van der Waals surface area contributed by atoms with Crippen LogP contribution >= 0.6 is 27.7 Å². The van der Waals surface area contributed by atoms with Gasteiger partial charge >= 0.3 is 0 Å². The molecule has 1 aromatic rings. The van der Waals surface area contributed by atoms with Crippen molar-refractivity contribution in [3.63, 3.8) is 0 Å². The van der Waals surface area contributed by atoms with Gasteiger partial charge in [0.2, 0.25) is 0 Å². The zero-order chi connectivity index (χ0) is 11.6. The van der Waals surface area contributed by atoms with Gasteiger partial charge in [0.25, 0.3) is 0 Å². The molecule has 0 saturated heterocycles. The summed E-state index contributed by atoms with van der Waals surface area (Å²) in [6.45, 7) is 2.01. The fourth-order valence-corrected chi connectivity index (χ4v) is 2.36. The Bertz CT molecular complexity index is 294. The summed E-state index contributed by atoms with van der Waals surface area (Å²) in [7, 11) is 0. The quantitative estimate of drug-likeness (QED) is 0.744. The van der Waals surface area contributed by atoms with E-state index in [1.54, 1.807) is 0 Å². The maximum atomic E-state index is 4.13. The number of aromatic nitrogens is 1. The van der Waals surface area contributed by atoms with Gasteiger partial charge in [-0.2, -0.15) is 11.8 Å². The Morgan fingerprint density at radius 1 is 1.31 bits per heavy atom. The van der Waals surface area contributed by atoms with Gasteiger partial charge in [0, 0.05) is 23.4 Å². The van der Waals surface area contributed by atoms with Crippen LogP contribution < -0.4 is 5.32 Å². The fraction of sp³-hybridized carbons (Fsp3) is 0.583. The molecule has 0 aliphatic carbocycles. The molecule has 1 heterocycles. The van der Waals surface area contributed by atoms with Crippen LogP contribution in [0.5, 0.6) is 0 Å². The lowest BCUT2D eigenvalue weighted by Gasteiger charge is -2.04. The average molecular weight is 303 g/mol. The van der Waals surface area contributed by atoms with Crippen molar-refractivity contribution in [1.29, 1.82) is 0 Å². The Balaban J connectivity index is 2.03. The maximum Gasteiger partial charge on any atom is 0.0410 e. The van der Waals surface area contributed by atoms with Gasteiger partial charge in [-0.25, -0.2) is 0 Å². The number of nitrogens with one attached hydrogen (secondary N) is 1. The summed E-state index contributed by atoms with van der Waals surface area (Å²) >= 11 is 5.35. The molecule has 0 fully saturated rings. The molecule has 0 unspecified atom stereocenters. The molecule has 16 heavy (non-hydrogen) atoms. The highest BCUT2D eigenvalue weighted by Crippen LogP contribution is 2.09. The van der Waals surface area contributed by atoms with Crippen molar-refractivity contribution in [2.24, 2.45) is 0 Å². The highest BCUT2D eigenvalue weighted by atomic mass is 79.9.